The van der Waals surface area contributed by atoms with Crippen LogP contribution in [-0.2, 0) is 9.59 Å². The van der Waals surface area contributed by atoms with Crippen molar-refractivity contribution in [3.8, 4) is 0 Å². The van der Waals surface area contributed by atoms with Crippen LogP contribution in [0.25, 0.3) is 0 Å². The Morgan fingerprint density at radius 2 is 2.06 bits per heavy atom. The second-order valence-electron chi connectivity index (χ2n) is 3.59. The van der Waals surface area contributed by atoms with Crippen LogP contribution in [0, 0.1) is 0 Å². The Hall–Kier alpha value is -1.60. The van der Waals surface area contributed by atoms with E-state index in [1.807, 2.05) is 0 Å². The van der Waals surface area contributed by atoms with Crippen molar-refractivity contribution in [3.63, 3.8) is 0 Å². The van der Waals surface area contributed by atoms with Gasteiger partial charge in [-0.15, -0.1) is 0 Å². The van der Waals surface area contributed by atoms with Gasteiger partial charge in [0.05, 0.1) is 0 Å². The van der Waals surface area contributed by atoms with Gasteiger partial charge in [0.2, 0.25) is 5.91 Å². The fourth-order valence-corrected chi connectivity index (χ4v) is 1.36. The first-order valence-electron chi connectivity index (χ1n) is 4.97. The molecule has 0 saturated carbocycles. The van der Waals surface area contributed by atoms with Crippen LogP contribution in [0.2, 0.25) is 0 Å². The van der Waals surface area contributed by atoms with Gasteiger partial charge in [-0.3, -0.25) is 4.79 Å². The number of carboxylic acid groups (broad SMARTS) is 1. The number of halogens is 3. The van der Waals surface area contributed by atoms with Gasteiger partial charge in [-0.1, -0.05) is 0 Å². The number of hydrazone groups is 1. The lowest BCUT2D eigenvalue weighted by atomic mass is 10.1. The van der Waals surface area contributed by atoms with Gasteiger partial charge >= 0.3 is 12.1 Å². The SMILES string of the molecule is O=C(O)C1=NN(CCCC(F)(F)F)C(=O)CC1. The largest absolute Gasteiger partial charge is 0.477 e. The number of alkyl halides is 3. The van der Waals surface area contributed by atoms with Gasteiger partial charge in [-0.25, -0.2) is 9.80 Å². The molecule has 0 atom stereocenters. The zero-order valence-electron chi connectivity index (χ0n) is 8.83. The molecule has 1 N–H and O–H groups in total. The number of carboxylic acids is 1. The normalized spacial score (nSPS) is 17.0. The highest BCUT2D eigenvalue weighted by Gasteiger charge is 2.28. The van der Waals surface area contributed by atoms with Crippen molar-refractivity contribution in [1.29, 1.82) is 0 Å². The Balaban J connectivity index is 2.53. The second kappa shape index (κ2) is 5.15. The highest BCUT2D eigenvalue weighted by atomic mass is 19.4. The lowest BCUT2D eigenvalue weighted by Gasteiger charge is -2.22. The van der Waals surface area contributed by atoms with E-state index in [1.54, 1.807) is 0 Å². The zero-order valence-corrected chi connectivity index (χ0v) is 8.83. The van der Waals surface area contributed by atoms with Crippen LogP contribution in [0.3, 0.4) is 0 Å². The number of carbonyl (C=O) groups excluding carboxylic acids is 1. The maximum Gasteiger partial charge on any atom is 0.389 e. The smallest absolute Gasteiger partial charge is 0.389 e. The van der Waals surface area contributed by atoms with Crippen molar-refractivity contribution in [2.24, 2.45) is 5.10 Å². The molecule has 1 heterocycles. The van der Waals surface area contributed by atoms with E-state index in [4.69, 9.17) is 5.11 Å². The fourth-order valence-electron chi connectivity index (χ4n) is 1.36. The summed E-state index contributed by atoms with van der Waals surface area (Å²) in [6, 6.07) is 0. The van der Waals surface area contributed by atoms with E-state index in [0.29, 0.717) is 0 Å². The first-order valence-corrected chi connectivity index (χ1v) is 4.97. The summed E-state index contributed by atoms with van der Waals surface area (Å²) in [5.41, 5.74) is -0.198. The molecule has 0 aromatic heterocycles. The molecule has 0 aliphatic carbocycles. The van der Waals surface area contributed by atoms with Crippen LogP contribution in [-0.4, -0.2) is 40.4 Å². The highest BCUT2D eigenvalue weighted by molar-refractivity contribution is 6.36. The lowest BCUT2D eigenvalue weighted by Crippen LogP contribution is -2.35. The molecule has 5 nitrogen and oxygen atoms in total. The molecule has 1 aliphatic rings. The number of aliphatic carboxylic acids is 1. The molecular weight excluding hydrogens is 241 g/mol. The molecule has 0 aromatic rings. The average molecular weight is 252 g/mol. The van der Waals surface area contributed by atoms with E-state index in [0.717, 1.165) is 5.01 Å². The third-order valence-electron chi connectivity index (χ3n) is 2.18. The molecule has 0 saturated heterocycles. The molecule has 0 radical (unpaired) electrons. The number of hydrogen-bond donors (Lipinski definition) is 1. The summed E-state index contributed by atoms with van der Waals surface area (Å²) < 4.78 is 35.6. The summed E-state index contributed by atoms with van der Waals surface area (Å²) in [6.07, 6.45) is -5.60. The fraction of sp³-hybridized carbons (Fsp3) is 0.667. The van der Waals surface area contributed by atoms with Gasteiger partial charge < -0.3 is 5.11 Å². The molecule has 0 unspecified atom stereocenters. The molecular formula is C9H11F3N2O3. The Kier molecular flexibility index (Phi) is 4.08. The van der Waals surface area contributed by atoms with Gasteiger partial charge in [0.1, 0.15) is 5.71 Å². The van der Waals surface area contributed by atoms with Crippen molar-refractivity contribution >= 4 is 17.6 Å². The van der Waals surface area contributed by atoms with Crippen molar-refractivity contribution in [1.82, 2.24) is 5.01 Å². The Morgan fingerprint density at radius 3 is 2.59 bits per heavy atom. The second-order valence-corrected chi connectivity index (χ2v) is 3.59. The molecule has 0 aromatic carbocycles. The summed E-state index contributed by atoms with van der Waals surface area (Å²) in [6.45, 7) is -0.213. The molecule has 0 bridgehead atoms. The summed E-state index contributed by atoms with van der Waals surface area (Å²) in [5.74, 6) is -1.70. The third-order valence-corrected chi connectivity index (χ3v) is 2.18. The predicted molar refractivity (Wildman–Crippen MR) is 51.3 cm³/mol. The maximum atomic E-state index is 11.9. The van der Waals surface area contributed by atoms with Gasteiger partial charge in [-0.2, -0.15) is 18.3 Å². The molecule has 0 spiro atoms. The third kappa shape index (κ3) is 4.41. The first-order chi connectivity index (χ1) is 7.79. The van der Waals surface area contributed by atoms with Gasteiger partial charge in [0.25, 0.3) is 0 Å². The lowest BCUT2D eigenvalue weighted by molar-refractivity contribution is -0.141. The Bertz CT molecular complexity index is 352. The van der Waals surface area contributed by atoms with Crippen LogP contribution in [0.4, 0.5) is 13.2 Å². The van der Waals surface area contributed by atoms with E-state index in [-0.39, 0.29) is 31.5 Å². The van der Waals surface area contributed by atoms with Crippen molar-refractivity contribution in [2.45, 2.75) is 31.9 Å². The molecule has 96 valence electrons. The van der Waals surface area contributed by atoms with E-state index >= 15 is 0 Å². The molecule has 1 amide bonds. The zero-order chi connectivity index (χ0) is 13.1. The van der Waals surface area contributed by atoms with Crippen LogP contribution < -0.4 is 0 Å². The van der Waals surface area contributed by atoms with E-state index in [9.17, 15) is 22.8 Å². The Morgan fingerprint density at radius 1 is 1.41 bits per heavy atom. The van der Waals surface area contributed by atoms with Crippen LogP contribution in [0.15, 0.2) is 5.10 Å². The molecule has 1 rings (SSSR count). The van der Waals surface area contributed by atoms with E-state index < -0.39 is 24.5 Å². The summed E-state index contributed by atoms with van der Waals surface area (Å²) in [7, 11) is 0. The molecule has 0 fully saturated rings. The predicted octanol–water partition coefficient (Wildman–Crippen LogP) is 1.39. The number of nitrogens with zero attached hydrogens (tertiary/aromatic N) is 2. The Labute approximate surface area is 94.9 Å². The maximum absolute atomic E-state index is 11.9. The van der Waals surface area contributed by atoms with Crippen molar-refractivity contribution < 1.29 is 27.9 Å². The van der Waals surface area contributed by atoms with Gasteiger partial charge in [-0.05, 0) is 6.42 Å². The number of rotatable bonds is 4. The summed E-state index contributed by atoms with van der Waals surface area (Å²) in [5, 5.41) is 13.0. The number of hydrogen-bond acceptors (Lipinski definition) is 3. The van der Waals surface area contributed by atoms with Gasteiger partial charge in [0.15, 0.2) is 0 Å². The molecule has 1 aliphatic heterocycles. The highest BCUT2D eigenvalue weighted by Crippen LogP contribution is 2.22. The molecule has 17 heavy (non-hydrogen) atoms. The minimum atomic E-state index is -4.28. The quantitative estimate of drug-likeness (QED) is 0.821. The van der Waals surface area contributed by atoms with Gasteiger partial charge in [0, 0.05) is 25.8 Å². The van der Waals surface area contributed by atoms with Crippen LogP contribution in [0.1, 0.15) is 25.7 Å². The number of carbonyl (C=O) groups is 2. The van der Waals surface area contributed by atoms with Crippen LogP contribution in [0.5, 0.6) is 0 Å². The van der Waals surface area contributed by atoms with E-state index in [2.05, 4.69) is 5.10 Å². The minimum absolute atomic E-state index is 0.0178. The molecule has 8 heteroatoms. The monoisotopic (exact) mass is 252 g/mol. The first kappa shape index (κ1) is 13.5. The summed E-state index contributed by atoms with van der Waals surface area (Å²) in [4.78, 5) is 21.9. The summed E-state index contributed by atoms with van der Waals surface area (Å²) >= 11 is 0. The van der Waals surface area contributed by atoms with Crippen molar-refractivity contribution in [3.05, 3.63) is 0 Å². The number of amides is 1. The standard InChI is InChI=1S/C9H11F3N2O3/c10-9(11,12)4-1-5-14-7(15)3-2-6(13-14)8(16)17/h1-5H2,(H,16,17). The topological polar surface area (TPSA) is 70.0 Å². The van der Waals surface area contributed by atoms with E-state index in [1.165, 1.54) is 0 Å². The van der Waals surface area contributed by atoms with Crippen LogP contribution >= 0.6 is 0 Å². The van der Waals surface area contributed by atoms with Crippen molar-refractivity contribution in [2.75, 3.05) is 6.54 Å². The average Bonchev–Trinajstić information content (AvgIpc) is 2.18. The minimum Gasteiger partial charge on any atom is -0.477 e.